The number of carboxylic acids is 1. The van der Waals surface area contributed by atoms with E-state index in [0.717, 1.165) is 12.8 Å². The van der Waals surface area contributed by atoms with Crippen molar-refractivity contribution >= 4 is 16.0 Å². The summed E-state index contributed by atoms with van der Waals surface area (Å²) in [7, 11) is -1.66. The van der Waals surface area contributed by atoms with Crippen molar-refractivity contribution in [2.45, 2.75) is 19.3 Å². The molecule has 5 nitrogen and oxygen atoms in total. The van der Waals surface area contributed by atoms with Crippen LogP contribution in [0.2, 0.25) is 0 Å². The molecule has 110 valence electrons. The lowest BCUT2D eigenvalue weighted by Crippen LogP contribution is -2.32. The number of sulfonamides is 1. The van der Waals surface area contributed by atoms with Gasteiger partial charge in [0.1, 0.15) is 0 Å². The quantitative estimate of drug-likeness (QED) is 0.829. The Morgan fingerprint density at radius 3 is 2.60 bits per heavy atom. The normalized spacial score (nSPS) is 15.5. The van der Waals surface area contributed by atoms with Gasteiger partial charge in [0.25, 0.3) is 0 Å². The summed E-state index contributed by atoms with van der Waals surface area (Å²) in [4.78, 5) is 11.1. The van der Waals surface area contributed by atoms with Gasteiger partial charge in [-0.05, 0) is 36.8 Å². The Kier molecular flexibility index (Phi) is 4.45. The molecule has 0 amide bonds. The zero-order chi connectivity index (χ0) is 14.8. The summed E-state index contributed by atoms with van der Waals surface area (Å²) >= 11 is 0. The maximum atomic E-state index is 12.0. The third-order valence-corrected chi connectivity index (χ3v) is 5.59. The third kappa shape index (κ3) is 3.80. The number of aromatic carboxylic acids is 1. The Morgan fingerprint density at radius 1 is 1.35 bits per heavy atom. The van der Waals surface area contributed by atoms with Crippen LogP contribution in [0.4, 0.5) is 0 Å². The molecular weight excluding hydrogens is 278 g/mol. The highest BCUT2D eigenvalue weighted by molar-refractivity contribution is 7.89. The van der Waals surface area contributed by atoms with Crippen molar-refractivity contribution in [1.82, 2.24) is 4.31 Å². The van der Waals surface area contributed by atoms with Crippen LogP contribution in [-0.2, 0) is 16.4 Å². The van der Waals surface area contributed by atoms with Gasteiger partial charge in [0.15, 0.2) is 0 Å². The Hall–Kier alpha value is -1.40. The molecule has 6 heteroatoms. The molecule has 20 heavy (non-hydrogen) atoms. The lowest BCUT2D eigenvalue weighted by Gasteiger charge is -2.17. The lowest BCUT2D eigenvalue weighted by atomic mass is 10.1. The summed E-state index contributed by atoms with van der Waals surface area (Å²) in [6.07, 6.45) is 2.40. The molecule has 0 atom stereocenters. The van der Waals surface area contributed by atoms with E-state index >= 15 is 0 Å². The number of carbonyl (C=O) groups is 1. The van der Waals surface area contributed by atoms with E-state index in [0.29, 0.717) is 24.4 Å². The molecule has 1 aliphatic carbocycles. The fourth-order valence-electron chi connectivity index (χ4n) is 2.07. The summed E-state index contributed by atoms with van der Waals surface area (Å²) in [5.41, 5.74) is 0.897. The Balaban J connectivity index is 1.99. The minimum Gasteiger partial charge on any atom is -0.478 e. The average molecular weight is 297 g/mol. The topological polar surface area (TPSA) is 74.7 Å². The van der Waals surface area contributed by atoms with E-state index in [1.54, 1.807) is 25.2 Å². The van der Waals surface area contributed by atoms with Crippen LogP contribution in [0.1, 0.15) is 28.8 Å². The summed E-state index contributed by atoms with van der Waals surface area (Å²) in [5.74, 6) is -0.456. The molecule has 1 aliphatic rings. The van der Waals surface area contributed by atoms with E-state index < -0.39 is 16.0 Å². The molecule has 0 heterocycles. The van der Waals surface area contributed by atoms with Crippen LogP contribution in [0.15, 0.2) is 24.3 Å². The summed E-state index contributed by atoms with van der Waals surface area (Å²) in [6.45, 7) is 0.305. The first-order chi connectivity index (χ1) is 9.40. The molecule has 1 fully saturated rings. The number of nitrogens with zero attached hydrogens (tertiary/aromatic N) is 1. The van der Waals surface area contributed by atoms with Crippen molar-refractivity contribution in [3.63, 3.8) is 0 Å². The van der Waals surface area contributed by atoms with E-state index in [-0.39, 0.29) is 11.3 Å². The van der Waals surface area contributed by atoms with Crippen molar-refractivity contribution in [1.29, 1.82) is 0 Å². The fourth-order valence-corrected chi connectivity index (χ4v) is 3.63. The van der Waals surface area contributed by atoms with Gasteiger partial charge in [0, 0.05) is 13.6 Å². The number of rotatable bonds is 7. The van der Waals surface area contributed by atoms with Gasteiger partial charge < -0.3 is 5.11 Å². The predicted molar refractivity (Wildman–Crippen MR) is 76.2 cm³/mol. The van der Waals surface area contributed by atoms with Gasteiger partial charge in [-0.1, -0.05) is 18.2 Å². The molecule has 0 unspecified atom stereocenters. The second-order valence-electron chi connectivity index (χ2n) is 5.26. The summed E-state index contributed by atoms with van der Waals surface area (Å²) < 4.78 is 25.4. The maximum Gasteiger partial charge on any atom is 0.335 e. The first-order valence-corrected chi connectivity index (χ1v) is 8.26. The molecule has 2 rings (SSSR count). The second-order valence-corrected chi connectivity index (χ2v) is 7.38. The highest BCUT2D eigenvalue weighted by atomic mass is 32.2. The second kappa shape index (κ2) is 5.93. The van der Waals surface area contributed by atoms with Gasteiger partial charge in [-0.2, -0.15) is 0 Å². The van der Waals surface area contributed by atoms with Crippen molar-refractivity contribution < 1.29 is 18.3 Å². The molecule has 1 saturated carbocycles. The van der Waals surface area contributed by atoms with Crippen molar-refractivity contribution in [2.75, 3.05) is 19.3 Å². The number of likely N-dealkylation sites (N-methyl/N-ethyl adjacent to an activating group) is 1. The van der Waals surface area contributed by atoms with Crippen LogP contribution in [0.3, 0.4) is 0 Å². The van der Waals surface area contributed by atoms with Crippen LogP contribution >= 0.6 is 0 Å². The van der Waals surface area contributed by atoms with Crippen LogP contribution < -0.4 is 0 Å². The Morgan fingerprint density at radius 2 is 2.00 bits per heavy atom. The smallest absolute Gasteiger partial charge is 0.335 e. The van der Waals surface area contributed by atoms with Gasteiger partial charge in [-0.3, -0.25) is 0 Å². The van der Waals surface area contributed by atoms with Crippen LogP contribution in [0.25, 0.3) is 0 Å². The van der Waals surface area contributed by atoms with Gasteiger partial charge in [-0.25, -0.2) is 17.5 Å². The van der Waals surface area contributed by atoms with E-state index in [1.165, 1.54) is 10.4 Å². The highest BCUT2D eigenvalue weighted by Gasteiger charge is 2.30. The molecule has 1 N–H and O–H groups in total. The van der Waals surface area contributed by atoms with Gasteiger partial charge in [0.2, 0.25) is 10.0 Å². The number of benzene rings is 1. The first kappa shape index (κ1) is 15.0. The standard InChI is InChI=1S/C14H19NO4S/c1-15(20(18,19)10-11-6-7-11)9-8-12-4-2-3-5-13(12)14(16)17/h2-5,11H,6-10H2,1H3,(H,16,17). The Labute approximate surface area is 119 Å². The number of hydrogen-bond acceptors (Lipinski definition) is 3. The van der Waals surface area contributed by atoms with Crippen LogP contribution in [0.5, 0.6) is 0 Å². The molecule has 0 radical (unpaired) electrons. The van der Waals surface area contributed by atoms with Gasteiger partial charge >= 0.3 is 5.97 Å². The molecule has 0 bridgehead atoms. The molecule has 0 saturated heterocycles. The van der Waals surface area contributed by atoms with Crippen molar-refractivity contribution in [3.05, 3.63) is 35.4 Å². The molecule has 0 aromatic heterocycles. The number of carboxylic acid groups (broad SMARTS) is 1. The fraction of sp³-hybridized carbons (Fsp3) is 0.500. The minimum absolute atomic E-state index is 0.212. The maximum absolute atomic E-state index is 12.0. The monoisotopic (exact) mass is 297 g/mol. The van der Waals surface area contributed by atoms with E-state index in [4.69, 9.17) is 5.11 Å². The molecule has 0 spiro atoms. The molecular formula is C14H19NO4S. The van der Waals surface area contributed by atoms with E-state index in [2.05, 4.69) is 0 Å². The van der Waals surface area contributed by atoms with E-state index in [1.807, 2.05) is 0 Å². The third-order valence-electron chi connectivity index (χ3n) is 3.56. The SMILES string of the molecule is CN(CCc1ccccc1C(=O)O)S(=O)(=O)CC1CC1. The van der Waals surface area contributed by atoms with Crippen LogP contribution in [0, 0.1) is 5.92 Å². The molecule has 1 aromatic rings. The van der Waals surface area contributed by atoms with Crippen molar-refractivity contribution in [2.24, 2.45) is 5.92 Å². The number of hydrogen-bond donors (Lipinski definition) is 1. The predicted octanol–water partition coefficient (Wildman–Crippen LogP) is 1.60. The zero-order valence-electron chi connectivity index (χ0n) is 11.4. The first-order valence-electron chi connectivity index (χ1n) is 6.65. The largest absolute Gasteiger partial charge is 0.478 e. The van der Waals surface area contributed by atoms with Gasteiger partial charge in [0.05, 0.1) is 11.3 Å². The highest BCUT2D eigenvalue weighted by Crippen LogP contribution is 2.30. The average Bonchev–Trinajstić information content (AvgIpc) is 3.19. The Bertz CT molecular complexity index is 593. The minimum atomic E-state index is -3.21. The van der Waals surface area contributed by atoms with E-state index in [9.17, 15) is 13.2 Å². The lowest BCUT2D eigenvalue weighted by molar-refractivity contribution is 0.0695. The molecule has 0 aliphatic heterocycles. The zero-order valence-corrected chi connectivity index (χ0v) is 12.3. The van der Waals surface area contributed by atoms with Crippen LogP contribution in [-0.4, -0.2) is 43.1 Å². The van der Waals surface area contributed by atoms with Gasteiger partial charge in [-0.15, -0.1) is 0 Å². The molecule has 1 aromatic carbocycles. The summed E-state index contributed by atoms with van der Waals surface area (Å²) in [6, 6.07) is 6.70. The summed E-state index contributed by atoms with van der Waals surface area (Å²) in [5, 5.41) is 9.09. The van der Waals surface area contributed by atoms with Crippen molar-refractivity contribution in [3.8, 4) is 0 Å².